The predicted octanol–water partition coefficient (Wildman–Crippen LogP) is 3.30. The summed E-state index contributed by atoms with van der Waals surface area (Å²) in [5.41, 5.74) is 0. The largest absolute Gasteiger partial charge is 0.358 e. The highest BCUT2D eigenvalue weighted by Gasteiger charge is 2.20. The first kappa shape index (κ1) is 13.6. The van der Waals surface area contributed by atoms with Crippen molar-refractivity contribution in [3.63, 3.8) is 0 Å². The van der Waals surface area contributed by atoms with Crippen LogP contribution in [0.3, 0.4) is 0 Å². The molecule has 0 aliphatic heterocycles. The Hall–Kier alpha value is -0.840. The van der Waals surface area contributed by atoms with Gasteiger partial charge in [-0.05, 0) is 41.1 Å². The number of nitrogens with one attached hydrogen (secondary N) is 1. The molecule has 0 unspecified atom stereocenters. The molecule has 0 radical (unpaired) electrons. The summed E-state index contributed by atoms with van der Waals surface area (Å²) in [4.78, 5) is 11.1. The second-order valence-corrected chi connectivity index (χ2v) is 5.82. The van der Waals surface area contributed by atoms with Gasteiger partial charge < -0.3 is 10.2 Å². The van der Waals surface area contributed by atoms with Gasteiger partial charge in [-0.2, -0.15) is 4.98 Å². The van der Waals surface area contributed by atoms with Crippen LogP contribution in [-0.4, -0.2) is 30.1 Å². The molecular formula is C13H21BrN4. The first-order valence-corrected chi connectivity index (χ1v) is 7.47. The van der Waals surface area contributed by atoms with E-state index in [1.54, 1.807) is 0 Å². The highest BCUT2D eigenvalue weighted by atomic mass is 79.9. The number of hydrogen-bond acceptors (Lipinski definition) is 4. The topological polar surface area (TPSA) is 41.1 Å². The van der Waals surface area contributed by atoms with Crippen molar-refractivity contribution in [2.24, 2.45) is 5.92 Å². The second kappa shape index (κ2) is 6.36. The van der Waals surface area contributed by atoms with E-state index >= 15 is 0 Å². The minimum Gasteiger partial charge on any atom is -0.358 e. The van der Waals surface area contributed by atoms with Crippen molar-refractivity contribution in [2.75, 3.05) is 30.4 Å². The fourth-order valence-corrected chi connectivity index (χ4v) is 2.59. The predicted molar refractivity (Wildman–Crippen MR) is 79.1 cm³/mol. The Morgan fingerprint density at radius 2 is 2.28 bits per heavy atom. The Balaban J connectivity index is 2.04. The average Bonchev–Trinajstić information content (AvgIpc) is 2.32. The number of rotatable bonds is 6. The minimum absolute atomic E-state index is 0.718. The van der Waals surface area contributed by atoms with E-state index in [-0.39, 0.29) is 0 Å². The molecule has 1 aliphatic rings. The Labute approximate surface area is 117 Å². The van der Waals surface area contributed by atoms with Crippen LogP contribution >= 0.6 is 15.9 Å². The maximum absolute atomic E-state index is 4.58. The Bertz CT molecular complexity index is 393. The molecule has 0 saturated heterocycles. The monoisotopic (exact) mass is 312 g/mol. The van der Waals surface area contributed by atoms with Crippen LogP contribution in [0.15, 0.2) is 10.7 Å². The van der Waals surface area contributed by atoms with Crippen LogP contribution in [0, 0.1) is 5.92 Å². The molecule has 1 aromatic rings. The molecule has 1 saturated carbocycles. The van der Waals surface area contributed by atoms with Crippen molar-refractivity contribution in [1.29, 1.82) is 0 Å². The van der Waals surface area contributed by atoms with Crippen molar-refractivity contribution in [3.8, 4) is 0 Å². The minimum atomic E-state index is 0.718. The number of halogens is 1. The summed E-state index contributed by atoms with van der Waals surface area (Å²) in [6, 6.07) is 0. The summed E-state index contributed by atoms with van der Waals surface area (Å²) in [7, 11) is 2.11. The zero-order valence-electron chi connectivity index (χ0n) is 11.1. The first-order chi connectivity index (χ1) is 8.70. The van der Waals surface area contributed by atoms with Crippen LogP contribution in [-0.2, 0) is 0 Å². The first-order valence-electron chi connectivity index (χ1n) is 6.68. The standard InChI is InChI=1S/C13H21BrN4/c1-3-7-15-13-16-8-11(14)12(17-13)18(2)9-10-5-4-6-10/h8,10H,3-7,9H2,1-2H3,(H,15,16,17). The molecule has 1 aliphatic carbocycles. The number of aromatic nitrogens is 2. The molecule has 1 N–H and O–H groups in total. The van der Waals surface area contributed by atoms with Gasteiger partial charge in [-0.25, -0.2) is 4.98 Å². The van der Waals surface area contributed by atoms with Gasteiger partial charge in [-0.15, -0.1) is 0 Å². The summed E-state index contributed by atoms with van der Waals surface area (Å²) < 4.78 is 0.964. The maximum atomic E-state index is 4.58. The van der Waals surface area contributed by atoms with Gasteiger partial charge in [-0.1, -0.05) is 13.3 Å². The molecule has 1 heterocycles. The number of nitrogens with zero attached hydrogens (tertiary/aromatic N) is 3. The van der Waals surface area contributed by atoms with Crippen LogP contribution in [0.4, 0.5) is 11.8 Å². The van der Waals surface area contributed by atoms with E-state index in [9.17, 15) is 0 Å². The number of hydrogen-bond donors (Lipinski definition) is 1. The summed E-state index contributed by atoms with van der Waals surface area (Å²) in [6.07, 6.45) is 7.00. The van der Waals surface area contributed by atoms with E-state index in [2.05, 4.69) is 50.1 Å². The summed E-state index contributed by atoms with van der Waals surface area (Å²) in [5.74, 6) is 2.54. The van der Waals surface area contributed by atoms with Crippen LogP contribution in [0.25, 0.3) is 0 Å². The highest BCUT2D eigenvalue weighted by molar-refractivity contribution is 9.10. The molecule has 5 heteroatoms. The zero-order chi connectivity index (χ0) is 13.0. The Morgan fingerprint density at radius 3 is 2.89 bits per heavy atom. The molecule has 0 aromatic carbocycles. The van der Waals surface area contributed by atoms with Crippen molar-refractivity contribution < 1.29 is 0 Å². The highest BCUT2D eigenvalue weighted by Crippen LogP contribution is 2.30. The molecule has 100 valence electrons. The molecule has 0 bridgehead atoms. The molecule has 0 spiro atoms. The molecule has 2 rings (SSSR count). The molecule has 0 atom stereocenters. The third-order valence-electron chi connectivity index (χ3n) is 3.38. The Kier molecular flexibility index (Phi) is 4.80. The van der Waals surface area contributed by atoms with Gasteiger partial charge in [0.05, 0.1) is 4.47 Å². The molecule has 4 nitrogen and oxygen atoms in total. The van der Waals surface area contributed by atoms with Crippen LogP contribution in [0.2, 0.25) is 0 Å². The zero-order valence-corrected chi connectivity index (χ0v) is 12.7. The molecule has 1 fully saturated rings. The van der Waals surface area contributed by atoms with Gasteiger partial charge in [0, 0.05) is 26.3 Å². The van der Waals surface area contributed by atoms with Crippen LogP contribution in [0.1, 0.15) is 32.6 Å². The molecule has 1 aromatic heterocycles. The van der Waals surface area contributed by atoms with Crippen molar-refractivity contribution in [3.05, 3.63) is 10.7 Å². The van der Waals surface area contributed by atoms with E-state index < -0.39 is 0 Å². The van der Waals surface area contributed by atoms with Gasteiger partial charge in [0.1, 0.15) is 5.82 Å². The SMILES string of the molecule is CCCNc1ncc(Br)c(N(C)CC2CCC2)n1. The van der Waals surface area contributed by atoms with Gasteiger partial charge >= 0.3 is 0 Å². The maximum Gasteiger partial charge on any atom is 0.224 e. The van der Waals surface area contributed by atoms with E-state index in [1.165, 1.54) is 19.3 Å². The fraction of sp³-hybridized carbons (Fsp3) is 0.692. The van der Waals surface area contributed by atoms with Gasteiger partial charge in [-0.3, -0.25) is 0 Å². The summed E-state index contributed by atoms with van der Waals surface area (Å²) in [6.45, 7) is 4.13. The Morgan fingerprint density at radius 1 is 1.50 bits per heavy atom. The second-order valence-electron chi connectivity index (χ2n) is 4.97. The third-order valence-corrected chi connectivity index (χ3v) is 3.94. The normalized spacial score (nSPS) is 15.3. The van der Waals surface area contributed by atoms with Gasteiger partial charge in [0.15, 0.2) is 0 Å². The molecule has 18 heavy (non-hydrogen) atoms. The van der Waals surface area contributed by atoms with Crippen LogP contribution in [0.5, 0.6) is 0 Å². The van der Waals surface area contributed by atoms with Gasteiger partial charge in [0.25, 0.3) is 0 Å². The lowest BCUT2D eigenvalue weighted by Crippen LogP contribution is -2.30. The van der Waals surface area contributed by atoms with E-state index in [0.717, 1.165) is 41.7 Å². The molecule has 0 amide bonds. The van der Waals surface area contributed by atoms with Crippen LogP contribution < -0.4 is 10.2 Å². The van der Waals surface area contributed by atoms with Crippen molar-refractivity contribution in [1.82, 2.24) is 9.97 Å². The number of anilines is 2. The lowest BCUT2D eigenvalue weighted by Gasteiger charge is -2.31. The lowest BCUT2D eigenvalue weighted by atomic mass is 9.85. The molecular weight excluding hydrogens is 292 g/mol. The fourth-order valence-electron chi connectivity index (χ4n) is 2.10. The smallest absolute Gasteiger partial charge is 0.224 e. The lowest BCUT2D eigenvalue weighted by molar-refractivity contribution is 0.321. The summed E-state index contributed by atoms with van der Waals surface area (Å²) in [5, 5.41) is 3.23. The van der Waals surface area contributed by atoms with Crippen molar-refractivity contribution in [2.45, 2.75) is 32.6 Å². The van der Waals surface area contributed by atoms with E-state index in [4.69, 9.17) is 0 Å². The van der Waals surface area contributed by atoms with Crippen molar-refractivity contribution >= 4 is 27.7 Å². The van der Waals surface area contributed by atoms with E-state index in [1.807, 2.05) is 6.20 Å². The van der Waals surface area contributed by atoms with Gasteiger partial charge in [0.2, 0.25) is 5.95 Å². The van der Waals surface area contributed by atoms with E-state index in [0.29, 0.717) is 0 Å². The quantitative estimate of drug-likeness (QED) is 0.875. The average molecular weight is 313 g/mol. The third kappa shape index (κ3) is 3.34. The summed E-state index contributed by atoms with van der Waals surface area (Å²) >= 11 is 3.53.